The van der Waals surface area contributed by atoms with Gasteiger partial charge in [0.15, 0.2) is 0 Å². The predicted molar refractivity (Wildman–Crippen MR) is 31.3 cm³/mol. The first-order valence-electron chi connectivity index (χ1n) is 1.46. The molecule has 0 saturated heterocycles. The van der Waals surface area contributed by atoms with Crippen molar-refractivity contribution in [1.82, 2.24) is 0 Å². The van der Waals surface area contributed by atoms with Gasteiger partial charge in [0, 0.05) is 4.70 Å². The van der Waals surface area contributed by atoms with E-state index in [4.69, 9.17) is 26.3 Å². The third-order valence-corrected chi connectivity index (χ3v) is 0. The van der Waals surface area contributed by atoms with Crippen molar-refractivity contribution in [2.45, 2.75) is 0 Å². The van der Waals surface area contributed by atoms with Crippen LogP contribution >= 0.6 is 0 Å². The molecule has 0 rings (SSSR count). The molecule has 0 saturated carbocycles. The summed E-state index contributed by atoms with van der Waals surface area (Å²) < 4.78 is 69.1. The van der Waals surface area contributed by atoms with Crippen molar-refractivity contribution in [3.63, 3.8) is 0 Å². The van der Waals surface area contributed by atoms with Gasteiger partial charge in [-0.05, 0) is 0 Å². The van der Waals surface area contributed by atoms with Gasteiger partial charge < -0.3 is 0 Å². The minimum absolute atomic E-state index is 0. The zero-order chi connectivity index (χ0) is 9.00. The van der Waals surface area contributed by atoms with E-state index >= 15 is 0 Å². The summed E-state index contributed by atoms with van der Waals surface area (Å²) >= 11 is -12.2. The van der Waals surface area contributed by atoms with Crippen molar-refractivity contribution in [1.29, 1.82) is 0 Å². The van der Waals surface area contributed by atoms with Gasteiger partial charge in [0.2, 0.25) is 0 Å². The molecule has 0 unspecified atom stereocenters. The molecule has 0 heterocycles. The molecule has 8 nitrogen and oxygen atoms in total. The zero-order valence-electron chi connectivity index (χ0n) is 6.66. The van der Waals surface area contributed by atoms with E-state index in [1.54, 1.807) is 0 Å². The van der Waals surface area contributed by atoms with Crippen LogP contribution in [-0.2, 0) is 6.03 Å². The van der Waals surface area contributed by atoms with E-state index in [-0.39, 0.29) is 118 Å². The number of hydrogen-bond acceptors (Lipinski definition) is 8. The summed E-state index contributed by atoms with van der Waals surface area (Å²) in [4.78, 5) is 0. The Morgan fingerprint density at radius 3 is 0.571 bits per heavy atom. The first-order chi connectivity index (χ1) is 4.00. The molecule has 0 spiro atoms. The van der Waals surface area contributed by atoms with Crippen LogP contribution in [0.2, 0.25) is 0 Å². The van der Waals surface area contributed by atoms with Crippen molar-refractivity contribution < 1.29 is 31.0 Å². The van der Waals surface area contributed by atoms with Crippen molar-refractivity contribution in [2.75, 3.05) is 0 Å². The Morgan fingerprint density at radius 1 is 0.571 bits per heavy atom. The van der Waals surface area contributed by atoms with E-state index in [2.05, 4.69) is 0 Å². The van der Waals surface area contributed by atoms with Crippen molar-refractivity contribution >= 4 is 153 Å². The average Bonchev–Trinajstić information content (AvgIpc) is 1.12. The fourth-order valence-electron chi connectivity index (χ4n) is 0. The van der Waals surface area contributed by atoms with Crippen LogP contribution in [0.25, 0.3) is 0 Å². The molecular formula is Ca3FO8Sb2. The second-order valence-electron chi connectivity index (χ2n) is 0.894. The normalized spacial score (nSPS) is 8.43. The fraction of sp³-hybridized carbons (Fsp3) is 0. The molecule has 0 atom stereocenters. The fourth-order valence-corrected chi connectivity index (χ4v) is 0. The van der Waals surface area contributed by atoms with Crippen molar-refractivity contribution in [3.8, 4) is 0 Å². The van der Waals surface area contributed by atoms with Gasteiger partial charge in [-0.3, -0.25) is 0 Å². The molecule has 0 aliphatic heterocycles. The minimum atomic E-state index is -6.10. The molecule has 0 aromatic heterocycles. The summed E-state index contributed by atoms with van der Waals surface area (Å²) in [5.41, 5.74) is 0. The molecule has 1 radical (unpaired) electrons. The first-order valence-corrected chi connectivity index (χ1v) is 9.80. The molecule has 0 aliphatic carbocycles. The SMILES string of the molecule is [Ca+2].[Ca+2].[Ca+2].[F].[O]=[Sb]([O-])([O-])[O-].[O]=[Sb]([O-])([O-])[O-]. The van der Waals surface area contributed by atoms with Gasteiger partial charge in [0.05, 0.1) is 0 Å². The van der Waals surface area contributed by atoms with E-state index in [1.807, 2.05) is 0 Å². The molecule has 0 aromatic carbocycles. The van der Waals surface area contributed by atoms with E-state index in [0.717, 1.165) is 0 Å². The van der Waals surface area contributed by atoms with Crippen LogP contribution in [0.5, 0.6) is 0 Å². The Bertz CT molecular complexity index is 135. The van der Waals surface area contributed by atoms with Gasteiger partial charge in [-0.25, -0.2) is 0 Å². The molecule has 0 aliphatic rings. The van der Waals surface area contributed by atoms with Gasteiger partial charge >= 0.3 is 180 Å². The van der Waals surface area contributed by atoms with Gasteiger partial charge in [-0.2, -0.15) is 0 Å². The van der Waals surface area contributed by atoms with Crippen molar-refractivity contribution in [3.05, 3.63) is 0 Å². The molecule has 0 fully saturated rings. The van der Waals surface area contributed by atoms with E-state index in [1.165, 1.54) is 0 Å². The van der Waals surface area contributed by atoms with Crippen molar-refractivity contribution in [2.24, 2.45) is 0 Å². The maximum absolute atomic E-state index is 8.64. The second-order valence-corrected chi connectivity index (χ2v) is 6.00. The molecule has 0 N–H and O–H groups in total. The summed E-state index contributed by atoms with van der Waals surface area (Å²) in [5, 5.41) is 0. The Hall–Kier alpha value is 4.71. The van der Waals surface area contributed by atoms with Gasteiger partial charge in [0.25, 0.3) is 0 Å². The second kappa shape index (κ2) is 17.7. The summed E-state index contributed by atoms with van der Waals surface area (Å²) in [7, 11) is 0. The number of hydrogen-bond donors (Lipinski definition) is 0. The van der Waals surface area contributed by atoms with Crippen LogP contribution in [0.4, 0.5) is 4.70 Å². The van der Waals surface area contributed by atoms with Crippen LogP contribution in [0.15, 0.2) is 0 Å². The Balaban J connectivity index is -0.0000000178. The molecule has 0 aromatic rings. The zero-order valence-corrected chi connectivity index (χ0v) is 18.4. The van der Waals surface area contributed by atoms with Crippen LogP contribution in [-0.4, -0.2) is 153 Å². The van der Waals surface area contributed by atoms with E-state index < -0.39 is 40.1 Å². The monoisotopic (exact) mass is 509 g/mol. The molecule has 14 heavy (non-hydrogen) atoms. The Labute approximate surface area is 179 Å². The Morgan fingerprint density at radius 2 is 0.571 bits per heavy atom. The van der Waals surface area contributed by atoms with Crippen LogP contribution in [0.3, 0.4) is 0 Å². The third-order valence-electron chi connectivity index (χ3n) is 0. The van der Waals surface area contributed by atoms with Gasteiger partial charge in [-0.15, -0.1) is 0 Å². The van der Waals surface area contributed by atoms with E-state index in [0.29, 0.717) is 0 Å². The topological polar surface area (TPSA) is 172 Å². The summed E-state index contributed by atoms with van der Waals surface area (Å²) in [6.45, 7) is 0. The summed E-state index contributed by atoms with van der Waals surface area (Å²) in [6, 6.07) is 0. The predicted octanol–water partition coefficient (Wildman–Crippen LogP) is -8.86. The third kappa shape index (κ3) is 186. The molecule has 14 heteroatoms. The molecule has 0 amide bonds. The number of halogens is 1. The van der Waals surface area contributed by atoms with Crippen LogP contribution in [0, 0.1) is 0 Å². The quantitative estimate of drug-likeness (QED) is 0.289. The summed E-state index contributed by atoms with van der Waals surface area (Å²) in [5.74, 6) is 0. The average molecular weight is 511 g/mol. The van der Waals surface area contributed by atoms with Gasteiger partial charge in [0.1, 0.15) is 0 Å². The molecular weight excluding hydrogens is 511 g/mol. The maximum atomic E-state index is 8.64. The first kappa shape index (κ1) is 36.3. The standard InChI is InChI=1S/3Ca.F.8O.2Sb/q3*+2;;;;6*-1;;. The van der Waals surface area contributed by atoms with E-state index in [9.17, 15) is 0 Å². The molecule has 0 bridgehead atoms. The van der Waals surface area contributed by atoms with Crippen LogP contribution < -0.4 is 20.3 Å². The Kier molecular flexibility index (Phi) is 45.9. The summed E-state index contributed by atoms with van der Waals surface area (Å²) in [6.07, 6.45) is 0. The molecule has 71 valence electrons. The number of rotatable bonds is 0. The van der Waals surface area contributed by atoms with Crippen LogP contribution in [0.1, 0.15) is 0 Å². The van der Waals surface area contributed by atoms with Gasteiger partial charge in [-0.1, -0.05) is 0 Å².